The van der Waals surface area contributed by atoms with Crippen LogP contribution in [0.2, 0.25) is 0 Å². The molecule has 1 aliphatic heterocycles. The monoisotopic (exact) mass is 357 g/mol. The fraction of sp³-hybridized carbons (Fsp3) is 0.375. The number of nitrogens with one attached hydrogen (secondary N) is 3. The molecular formula is C16H18F3N3O3. The van der Waals surface area contributed by atoms with E-state index in [0.29, 0.717) is 6.04 Å². The number of H-pyrrole nitrogens is 1. The summed E-state index contributed by atoms with van der Waals surface area (Å²) in [5, 5.41) is 14.6. The van der Waals surface area contributed by atoms with Gasteiger partial charge in [-0.15, -0.1) is 0 Å². The van der Waals surface area contributed by atoms with Crippen molar-refractivity contribution in [2.75, 3.05) is 13.1 Å². The Balaban J connectivity index is 0.000000277. The zero-order valence-electron chi connectivity index (χ0n) is 13.2. The first kappa shape index (κ1) is 18.8. The van der Waals surface area contributed by atoms with Crippen molar-refractivity contribution < 1.29 is 27.9 Å². The molecule has 1 saturated heterocycles. The van der Waals surface area contributed by atoms with E-state index in [0.717, 1.165) is 42.4 Å². The lowest BCUT2D eigenvalue weighted by atomic mass is 10.1. The molecule has 4 N–H and O–H groups in total. The SMILES string of the molecule is O=C(NC1CCNCC1)c1cccc2cc[nH]c12.O=C(O)C(F)(F)F. The Morgan fingerprint density at radius 2 is 1.80 bits per heavy atom. The molecule has 3 rings (SSSR count). The number of aromatic nitrogens is 1. The van der Waals surface area contributed by atoms with Gasteiger partial charge in [-0.3, -0.25) is 4.79 Å². The van der Waals surface area contributed by atoms with E-state index in [9.17, 15) is 18.0 Å². The normalized spacial score (nSPS) is 15.3. The van der Waals surface area contributed by atoms with Crippen LogP contribution in [0, 0.1) is 0 Å². The maximum atomic E-state index is 12.3. The molecule has 0 bridgehead atoms. The largest absolute Gasteiger partial charge is 0.490 e. The number of rotatable bonds is 2. The van der Waals surface area contributed by atoms with E-state index in [1.165, 1.54) is 0 Å². The Labute approximate surface area is 141 Å². The first-order valence-corrected chi connectivity index (χ1v) is 7.67. The Morgan fingerprint density at radius 1 is 1.16 bits per heavy atom. The molecule has 1 aliphatic rings. The second-order valence-corrected chi connectivity index (χ2v) is 5.55. The highest BCUT2D eigenvalue weighted by Crippen LogP contribution is 2.17. The molecule has 25 heavy (non-hydrogen) atoms. The molecule has 1 aromatic carbocycles. The van der Waals surface area contributed by atoms with Gasteiger partial charge in [-0.25, -0.2) is 4.79 Å². The number of amides is 1. The van der Waals surface area contributed by atoms with Crippen LogP contribution in [0.3, 0.4) is 0 Å². The number of para-hydroxylation sites is 1. The summed E-state index contributed by atoms with van der Waals surface area (Å²) in [6.07, 6.45) is -1.20. The fourth-order valence-corrected chi connectivity index (χ4v) is 2.50. The standard InChI is InChI=1S/C14H17N3O.C2HF3O2/c18-14(17-11-5-7-15-8-6-11)12-3-1-2-10-4-9-16-13(10)12;3-2(4,5)1(6)7/h1-4,9,11,15-16H,5-8H2,(H,17,18);(H,6,7). The molecule has 2 heterocycles. The Bertz CT molecular complexity index is 737. The Morgan fingerprint density at radius 3 is 2.40 bits per heavy atom. The van der Waals surface area contributed by atoms with Gasteiger partial charge in [0.25, 0.3) is 5.91 Å². The van der Waals surface area contributed by atoms with Crippen molar-refractivity contribution in [1.29, 1.82) is 0 Å². The molecule has 0 aliphatic carbocycles. The summed E-state index contributed by atoms with van der Waals surface area (Å²) in [4.78, 5) is 24.3. The number of carbonyl (C=O) groups is 2. The quantitative estimate of drug-likeness (QED) is 0.663. The Kier molecular flexibility index (Phi) is 6.02. The van der Waals surface area contributed by atoms with Crippen LogP contribution in [0.4, 0.5) is 13.2 Å². The van der Waals surface area contributed by atoms with Crippen LogP contribution in [0.1, 0.15) is 23.2 Å². The highest BCUT2D eigenvalue weighted by molar-refractivity contribution is 6.05. The number of carbonyl (C=O) groups excluding carboxylic acids is 1. The number of fused-ring (bicyclic) bond motifs is 1. The maximum Gasteiger partial charge on any atom is 0.490 e. The highest BCUT2D eigenvalue weighted by Gasteiger charge is 2.38. The van der Waals surface area contributed by atoms with E-state index >= 15 is 0 Å². The summed E-state index contributed by atoms with van der Waals surface area (Å²) < 4.78 is 31.7. The summed E-state index contributed by atoms with van der Waals surface area (Å²) in [6, 6.07) is 8.08. The van der Waals surface area contributed by atoms with Crippen molar-refractivity contribution >= 4 is 22.8 Å². The predicted octanol–water partition coefficient (Wildman–Crippen LogP) is 2.28. The number of halogens is 3. The molecule has 136 valence electrons. The molecule has 1 amide bonds. The fourth-order valence-electron chi connectivity index (χ4n) is 2.50. The van der Waals surface area contributed by atoms with Gasteiger partial charge in [-0.05, 0) is 38.1 Å². The van der Waals surface area contributed by atoms with E-state index in [1.807, 2.05) is 30.5 Å². The van der Waals surface area contributed by atoms with E-state index in [1.54, 1.807) is 0 Å². The zero-order chi connectivity index (χ0) is 18.4. The minimum absolute atomic E-state index is 0.0231. The van der Waals surface area contributed by atoms with Gasteiger partial charge >= 0.3 is 12.1 Å². The summed E-state index contributed by atoms with van der Waals surface area (Å²) in [5.41, 5.74) is 1.65. The molecular weight excluding hydrogens is 339 g/mol. The summed E-state index contributed by atoms with van der Waals surface area (Å²) in [6.45, 7) is 1.97. The minimum atomic E-state index is -5.08. The number of piperidine rings is 1. The first-order valence-electron chi connectivity index (χ1n) is 7.67. The number of alkyl halides is 3. The minimum Gasteiger partial charge on any atom is -0.475 e. The summed E-state index contributed by atoms with van der Waals surface area (Å²) in [5.74, 6) is -2.73. The molecule has 1 aromatic heterocycles. The molecule has 9 heteroatoms. The van der Waals surface area contributed by atoms with E-state index in [4.69, 9.17) is 9.90 Å². The number of aliphatic carboxylic acids is 1. The third-order valence-electron chi connectivity index (χ3n) is 3.75. The topological polar surface area (TPSA) is 94.2 Å². The number of carboxylic acids is 1. The van der Waals surface area contributed by atoms with Crippen LogP contribution >= 0.6 is 0 Å². The summed E-state index contributed by atoms with van der Waals surface area (Å²) >= 11 is 0. The van der Waals surface area contributed by atoms with Crippen molar-refractivity contribution in [3.63, 3.8) is 0 Å². The van der Waals surface area contributed by atoms with Crippen LogP contribution in [-0.4, -0.2) is 47.3 Å². The molecule has 0 saturated carbocycles. The zero-order valence-corrected chi connectivity index (χ0v) is 13.2. The maximum absolute atomic E-state index is 12.3. The molecule has 0 spiro atoms. The predicted molar refractivity (Wildman–Crippen MR) is 85.3 cm³/mol. The van der Waals surface area contributed by atoms with Crippen LogP contribution in [-0.2, 0) is 4.79 Å². The van der Waals surface area contributed by atoms with E-state index in [2.05, 4.69) is 15.6 Å². The van der Waals surface area contributed by atoms with Crippen molar-refractivity contribution in [1.82, 2.24) is 15.6 Å². The molecule has 0 radical (unpaired) electrons. The lowest BCUT2D eigenvalue weighted by molar-refractivity contribution is -0.192. The highest BCUT2D eigenvalue weighted by atomic mass is 19.4. The first-order chi connectivity index (χ1) is 11.8. The smallest absolute Gasteiger partial charge is 0.475 e. The van der Waals surface area contributed by atoms with Crippen molar-refractivity contribution in [3.8, 4) is 0 Å². The average molecular weight is 357 g/mol. The van der Waals surface area contributed by atoms with Gasteiger partial charge in [-0.2, -0.15) is 13.2 Å². The molecule has 1 fully saturated rings. The van der Waals surface area contributed by atoms with Crippen LogP contribution < -0.4 is 10.6 Å². The third kappa shape index (κ3) is 5.21. The van der Waals surface area contributed by atoms with Gasteiger partial charge in [0.15, 0.2) is 0 Å². The lowest BCUT2D eigenvalue weighted by Crippen LogP contribution is -2.42. The molecule has 6 nitrogen and oxygen atoms in total. The van der Waals surface area contributed by atoms with Crippen molar-refractivity contribution in [2.24, 2.45) is 0 Å². The second-order valence-electron chi connectivity index (χ2n) is 5.55. The van der Waals surface area contributed by atoms with Crippen LogP contribution in [0.5, 0.6) is 0 Å². The van der Waals surface area contributed by atoms with Gasteiger partial charge in [0.2, 0.25) is 0 Å². The molecule has 0 unspecified atom stereocenters. The third-order valence-corrected chi connectivity index (χ3v) is 3.75. The van der Waals surface area contributed by atoms with Crippen molar-refractivity contribution in [3.05, 3.63) is 36.0 Å². The van der Waals surface area contributed by atoms with Crippen LogP contribution in [0.25, 0.3) is 10.9 Å². The average Bonchev–Trinajstić information content (AvgIpc) is 3.04. The molecule has 0 atom stereocenters. The Hall–Kier alpha value is -2.55. The number of benzene rings is 1. The lowest BCUT2D eigenvalue weighted by Gasteiger charge is -2.23. The number of hydrogen-bond acceptors (Lipinski definition) is 3. The van der Waals surface area contributed by atoms with E-state index in [-0.39, 0.29) is 5.91 Å². The van der Waals surface area contributed by atoms with Crippen molar-refractivity contribution in [2.45, 2.75) is 25.1 Å². The van der Waals surface area contributed by atoms with Gasteiger partial charge in [0, 0.05) is 17.6 Å². The second kappa shape index (κ2) is 8.02. The summed E-state index contributed by atoms with van der Waals surface area (Å²) in [7, 11) is 0. The van der Waals surface area contributed by atoms with Gasteiger partial charge in [-0.1, -0.05) is 12.1 Å². The van der Waals surface area contributed by atoms with Gasteiger partial charge in [0.05, 0.1) is 11.1 Å². The van der Waals surface area contributed by atoms with Crippen LogP contribution in [0.15, 0.2) is 30.5 Å². The van der Waals surface area contributed by atoms with Gasteiger partial charge < -0.3 is 20.7 Å². The number of carboxylic acid groups (broad SMARTS) is 1. The molecule has 2 aromatic rings. The number of hydrogen-bond donors (Lipinski definition) is 4. The van der Waals surface area contributed by atoms with E-state index < -0.39 is 12.1 Å². The number of aromatic amines is 1. The van der Waals surface area contributed by atoms with Gasteiger partial charge in [0.1, 0.15) is 0 Å².